The molecule has 0 unspecified atom stereocenters. The average Bonchev–Trinajstić information content (AvgIpc) is 0.779. The number of aliphatic hydroxyl groups is 28. The van der Waals surface area contributed by atoms with Crippen LogP contribution in [0, 0.1) is 0 Å². The Balaban J connectivity index is 0.794. The molecular formula is C54H92O45. The van der Waals surface area contributed by atoms with Crippen LogP contribution in [0.25, 0.3) is 0 Å². The monoisotopic (exact) mass is 1460 g/mol. The Kier molecular flexibility index (Phi) is 28.6. The summed E-state index contributed by atoms with van der Waals surface area (Å²) in [5, 5.41) is 302. The van der Waals surface area contributed by atoms with E-state index in [0.717, 1.165) is 0 Å². The highest BCUT2D eigenvalue weighted by Crippen LogP contribution is 2.40. The molecule has 0 aromatic carbocycles. The molecule has 0 saturated carbocycles. The third-order valence-electron chi connectivity index (χ3n) is 18.7. The van der Waals surface area contributed by atoms with E-state index in [1.54, 1.807) is 0 Å². The maximum atomic E-state index is 11.6. The van der Waals surface area contributed by atoms with Gasteiger partial charge in [0.15, 0.2) is 56.6 Å². The fourth-order valence-corrected chi connectivity index (χ4v) is 12.9. The second-order valence-corrected chi connectivity index (χ2v) is 25.2. The standard InChI is InChI=1S/C54H92O45/c1-10-38(92-49-31(75)25(69)41(17(8-61)88-49)95-54-37(81)45(22(66)14(5-58)87-54)99-52-34(78)28(72)39(15(6-59)91-52)93-48-29(73)23(67)19(63)11(2-55)85-48)24(68)30(74)47(83-10)98-44-21(65)13(4-57)86-53(36(44)80)96-42-18(9-62)89-50(32(76)26(42)70)94-40-16(7-60)90-51(33(77)27(40)71)97-43-20(64)12(3-56)84-46(82)35(43)79/h10-82H,2-9H2,1H3/t10-,11-,12-,13-,14-,15-,16-,17-,18-,19-,20-,21-,22-,23+,24-,25-,26-,27-,28-,29-,30-,31-,32-,33-,34-,35-,36-,37-,38-,39-,40-,41-,42-,43+,44+,45+,46-,47+,48+,49+,50+,51+,52+,53+,54+/m1/s1. The molecule has 28 N–H and O–H groups in total. The summed E-state index contributed by atoms with van der Waals surface area (Å²) in [4.78, 5) is 0. The van der Waals surface area contributed by atoms with E-state index < -0.39 is 329 Å². The molecule has 9 saturated heterocycles. The van der Waals surface area contributed by atoms with Gasteiger partial charge in [0.1, 0.15) is 214 Å². The first-order valence-electron chi connectivity index (χ1n) is 31.6. The number of rotatable bonds is 24. The topological polar surface area (TPSA) is 723 Å². The molecule has 45 nitrogen and oxygen atoms in total. The molecule has 0 bridgehead atoms. The van der Waals surface area contributed by atoms with Crippen LogP contribution in [-0.4, -0.2) is 472 Å². The fraction of sp³-hybridized carbons (Fsp3) is 1.00. The Labute approximate surface area is 558 Å². The lowest BCUT2D eigenvalue weighted by molar-refractivity contribution is -0.399. The van der Waals surface area contributed by atoms with Crippen molar-refractivity contribution < 1.29 is 224 Å². The van der Waals surface area contributed by atoms with E-state index in [-0.39, 0.29) is 0 Å². The van der Waals surface area contributed by atoms with Crippen molar-refractivity contribution in [2.45, 2.75) is 283 Å². The Morgan fingerprint density at radius 1 is 0.182 bits per heavy atom. The van der Waals surface area contributed by atoms with Crippen molar-refractivity contribution in [3.63, 3.8) is 0 Å². The Morgan fingerprint density at radius 2 is 0.384 bits per heavy atom. The van der Waals surface area contributed by atoms with Crippen molar-refractivity contribution in [1.29, 1.82) is 0 Å². The molecule has 0 radical (unpaired) electrons. The maximum absolute atomic E-state index is 11.6. The second-order valence-electron chi connectivity index (χ2n) is 25.2. The van der Waals surface area contributed by atoms with Crippen molar-refractivity contribution in [3.8, 4) is 0 Å². The molecule has 0 aromatic rings. The normalized spacial score (nSPS) is 54.1. The summed E-state index contributed by atoms with van der Waals surface area (Å²) >= 11 is 0. The van der Waals surface area contributed by atoms with Crippen molar-refractivity contribution in [3.05, 3.63) is 0 Å². The quantitative estimate of drug-likeness (QED) is 0.0427. The van der Waals surface area contributed by atoms with Crippen LogP contribution in [0.3, 0.4) is 0 Å². The molecule has 9 aliphatic heterocycles. The molecule has 9 heterocycles. The van der Waals surface area contributed by atoms with Crippen LogP contribution in [0.5, 0.6) is 0 Å². The average molecular weight is 1460 g/mol. The molecule has 578 valence electrons. The predicted octanol–water partition coefficient (Wildman–Crippen LogP) is -19.6. The molecule has 0 amide bonds. The van der Waals surface area contributed by atoms with Gasteiger partial charge in [0.25, 0.3) is 0 Å². The summed E-state index contributed by atoms with van der Waals surface area (Å²) in [7, 11) is 0. The number of aliphatic hydroxyl groups excluding tert-OH is 28. The van der Waals surface area contributed by atoms with E-state index in [9.17, 15) is 143 Å². The van der Waals surface area contributed by atoms with Gasteiger partial charge in [-0.2, -0.15) is 0 Å². The van der Waals surface area contributed by atoms with Crippen LogP contribution >= 0.6 is 0 Å². The SMILES string of the molecule is C[C@H]1O[C@@H](O[C@@H]2[C@@H](O)[C@H](O[C@H]3[C@H](O)[C@@H](O)[C@H](O[C@H]4[C@H](O)[C@@H](O)[C@H](O[C@@H]5[C@@H](O)[C@H](O)O[C@H](CO)[C@H]5O)O[C@@H]4CO)O[C@@H]3CO)O[C@H](CO)[C@H]2O)[C@H](O)[C@@H](O)[C@@H]1O[C@@H]1O[C@H](CO)[C@@H](O[C@@H]2O[C@H](CO)[C@@H](O)[C@H](O[C@@H]3O[C@H](CO)[C@@H](O[C@@H]4O[C@H](CO)[C@@H](O)[C@H](O)[C@H]4O)[C@H](O)[C@H]3O)[C@H]2O)[C@H](O)[C@H]1O. The zero-order chi connectivity index (χ0) is 72.7. The van der Waals surface area contributed by atoms with Gasteiger partial charge in [-0.15, -0.1) is 0 Å². The number of hydrogen-bond donors (Lipinski definition) is 28. The molecule has 9 aliphatic rings. The molecule has 99 heavy (non-hydrogen) atoms. The lowest BCUT2D eigenvalue weighted by Gasteiger charge is -2.50. The smallest absolute Gasteiger partial charge is 0.187 e. The highest BCUT2D eigenvalue weighted by atomic mass is 16.8. The van der Waals surface area contributed by atoms with Gasteiger partial charge in [-0.05, 0) is 6.92 Å². The summed E-state index contributed by atoms with van der Waals surface area (Å²) in [6.07, 6.45) is -88.6. The molecule has 0 spiro atoms. The van der Waals surface area contributed by atoms with E-state index >= 15 is 0 Å². The van der Waals surface area contributed by atoms with Gasteiger partial charge in [0.2, 0.25) is 0 Å². The van der Waals surface area contributed by atoms with E-state index in [0.29, 0.717) is 0 Å². The molecule has 9 fully saturated rings. The molecular weight excluding hydrogens is 1370 g/mol. The van der Waals surface area contributed by atoms with E-state index in [1.807, 2.05) is 0 Å². The minimum Gasteiger partial charge on any atom is -0.394 e. The van der Waals surface area contributed by atoms with Gasteiger partial charge in [-0.1, -0.05) is 0 Å². The predicted molar refractivity (Wildman–Crippen MR) is 296 cm³/mol. The summed E-state index contributed by atoms with van der Waals surface area (Å²) in [5.41, 5.74) is 0. The van der Waals surface area contributed by atoms with Crippen LogP contribution in [0.15, 0.2) is 0 Å². The fourth-order valence-electron chi connectivity index (χ4n) is 12.9. The van der Waals surface area contributed by atoms with Crippen molar-refractivity contribution >= 4 is 0 Å². The third-order valence-corrected chi connectivity index (χ3v) is 18.7. The maximum Gasteiger partial charge on any atom is 0.187 e. The molecule has 9 rings (SSSR count). The Morgan fingerprint density at radius 3 is 0.677 bits per heavy atom. The van der Waals surface area contributed by atoms with Crippen LogP contribution in [0.1, 0.15) is 6.92 Å². The molecule has 0 aromatic heterocycles. The van der Waals surface area contributed by atoms with Gasteiger partial charge in [-0.3, -0.25) is 0 Å². The molecule has 45 atom stereocenters. The van der Waals surface area contributed by atoms with Crippen LogP contribution in [0.2, 0.25) is 0 Å². The van der Waals surface area contributed by atoms with E-state index in [2.05, 4.69) is 0 Å². The zero-order valence-corrected chi connectivity index (χ0v) is 52.1. The summed E-state index contributed by atoms with van der Waals surface area (Å²) in [6.45, 7) is -6.84. The first-order chi connectivity index (χ1) is 46.9. The molecule has 0 aliphatic carbocycles. The third kappa shape index (κ3) is 16.7. The Bertz CT molecular complexity index is 2430. The largest absolute Gasteiger partial charge is 0.394 e. The van der Waals surface area contributed by atoms with Crippen LogP contribution in [0.4, 0.5) is 0 Å². The first-order valence-corrected chi connectivity index (χ1v) is 31.6. The van der Waals surface area contributed by atoms with Crippen molar-refractivity contribution in [2.75, 3.05) is 52.9 Å². The van der Waals surface area contributed by atoms with Gasteiger partial charge in [0.05, 0.1) is 59.0 Å². The summed E-state index contributed by atoms with van der Waals surface area (Å²) in [5.74, 6) is 0. The van der Waals surface area contributed by atoms with E-state index in [1.165, 1.54) is 6.92 Å². The highest BCUT2D eigenvalue weighted by molar-refractivity contribution is 5.02. The van der Waals surface area contributed by atoms with Gasteiger partial charge in [0, 0.05) is 0 Å². The first kappa shape index (κ1) is 81.3. The number of hydrogen-bond acceptors (Lipinski definition) is 45. The van der Waals surface area contributed by atoms with Crippen LogP contribution < -0.4 is 0 Å². The summed E-state index contributed by atoms with van der Waals surface area (Å²) < 4.78 is 95.2. The lowest BCUT2D eigenvalue weighted by atomic mass is 9.95. The second kappa shape index (κ2) is 34.8. The lowest BCUT2D eigenvalue weighted by Crippen LogP contribution is -2.68. The minimum atomic E-state index is -2.25. The van der Waals surface area contributed by atoms with E-state index in [4.69, 9.17) is 80.5 Å². The summed E-state index contributed by atoms with van der Waals surface area (Å²) in [6, 6.07) is 0. The highest BCUT2D eigenvalue weighted by Gasteiger charge is 2.60. The van der Waals surface area contributed by atoms with Crippen molar-refractivity contribution in [1.82, 2.24) is 0 Å². The van der Waals surface area contributed by atoms with Gasteiger partial charge in [-0.25, -0.2) is 0 Å². The number of ether oxygens (including phenoxy) is 17. The van der Waals surface area contributed by atoms with Gasteiger partial charge < -0.3 is 224 Å². The Hall–Kier alpha value is -1.80. The van der Waals surface area contributed by atoms with Crippen molar-refractivity contribution in [2.24, 2.45) is 0 Å². The zero-order valence-electron chi connectivity index (χ0n) is 52.1. The van der Waals surface area contributed by atoms with Crippen LogP contribution in [-0.2, 0) is 80.5 Å². The minimum absolute atomic E-state index is 0.860. The van der Waals surface area contributed by atoms with Gasteiger partial charge >= 0.3 is 0 Å². The molecule has 45 heteroatoms.